The first-order valence-corrected chi connectivity index (χ1v) is 6.06. The molecule has 0 unspecified atom stereocenters. The van der Waals surface area contributed by atoms with Crippen molar-refractivity contribution in [3.05, 3.63) is 69.7 Å². The molecule has 0 aromatic heterocycles. The Morgan fingerprint density at radius 2 is 1.78 bits per heavy atom. The number of carboxylic acids is 1. The lowest BCUT2D eigenvalue weighted by molar-refractivity contribution is 0.0696. The van der Waals surface area contributed by atoms with E-state index in [2.05, 4.69) is 27.8 Å². The zero-order chi connectivity index (χ0) is 13.0. The molecule has 0 aliphatic rings. The van der Waals surface area contributed by atoms with Gasteiger partial charge in [0.2, 0.25) is 0 Å². The zero-order valence-corrected chi connectivity index (χ0v) is 10.9. The average molecular weight is 301 g/mol. The van der Waals surface area contributed by atoms with E-state index >= 15 is 0 Å². The second-order valence-electron chi connectivity index (χ2n) is 3.61. The summed E-state index contributed by atoms with van der Waals surface area (Å²) in [6, 6.07) is 14.5. The Morgan fingerprint density at radius 1 is 1.06 bits per heavy atom. The van der Waals surface area contributed by atoms with Gasteiger partial charge >= 0.3 is 5.97 Å². The van der Waals surface area contributed by atoms with E-state index in [1.165, 1.54) is 0 Å². The van der Waals surface area contributed by atoms with E-state index in [-0.39, 0.29) is 5.56 Å². The highest BCUT2D eigenvalue weighted by molar-refractivity contribution is 9.10. The average Bonchev–Trinajstić information content (AvgIpc) is 2.38. The SMILES string of the molecule is O=C(O)c1cc(Br)ccc1C#Cc1ccccc1. The van der Waals surface area contributed by atoms with Crippen molar-refractivity contribution in [1.82, 2.24) is 0 Å². The van der Waals surface area contributed by atoms with Gasteiger partial charge in [0.25, 0.3) is 0 Å². The van der Waals surface area contributed by atoms with E-state index in [1.807, 2.05) is 30.3 Å². The minimum atomic E-state index is -0.978. The van der Waals surface area contributed by atoms with Crippen molar-refractivity contribution < 1.29 is 9.90 Å². The van der Waals surface area contributed by atoms with Gasteiger partial charge in [0.1, 0.15) is 0 Å². The van der Waals surface area contributed by atoms with Crippen LogP contribution in [0.4, 0.5) is 0 Å². The van der Waals surface area contributed by atoms with Gasteiger partial charge in [-0.05, 0) is 30.3 Å². The molecule has 2 rings (SSSR count). The summed E-state index contributed by atoms with van der Waals surface area (Å²) in [4.78, 5) is 11.1. The van der Waals surface area contributed by atoms with Gasteiger partial charge in [0.05, 0.1) is 5.56 Å². The highest BCUT2D eigenvalue weighted by Gasteiger charge is 2.08. The van der Waals surface area contributed by atoms with Crippen LogP contribution in [0.5, 0.6) is 0 Å². The molecule has 0 radical (unpaired) electrons. The third kappa shape index (κ3) is 2.99. The summed E-state index contributed by atoms with van der Waals surface area (Å²) in [5.41, 5.74) is 1.57. The standard InChI is InChI=1S/C15H9BrO2/c16-13-9-8-12(14(10-13)15(17)18)7-6-11-4-2-1-3-5-11/h1-5,8-10H,(H,17,18). The Balaban J connectivity index is 2.41. The Morgan fingerprint density at radius 3 is 2.44 bits per heavy atom. The molecule has 2 aromatic rings. The molecule has 0 bridgehead atoms. The second kappa shape index (κ2) is 5.52. The molecule has 0 atom stereocenters. The first kappa shape index (κ1) is 12.4. The van der Waals surface area contributed by atoms with E-state index in [0.717, 1.165) is 10.0 Å². The lowest BCUT2D eigenvalue weighted by atomic mass is 10.1. The van der Waals surface area contributed by atoms with Crippen molar-refractivity contribution in [2.75, 3.05) is 0 Å². The Hall–Kier alpha value is -2.05. The van der Waals surface area contributed by atoms with Crippen LogP contribution in [-0.4, -0.2) is 11.1 Å². The highest BCUT2D eigenvalue weighted by Crippen LogP contribution is 2.16. The van der Waals surface area contributed by atoms with Gasteiger partial charge < -0.3 is 5.11 Å². The maximum Gasteiger partial charge on any atom is 0.337 e. The highest BCUT2D eigenvalue weighted by atomic mass is 79.9. The van der Waals surface area contributed by atoms with Crippen LogP contribution in [0, 0.1) is 11.8 Å². The van der Waals surface area contributed by atoms with Crippen LogP contribution in [0.3, 0.4) is 0 Å². The van der Waals surface area contributed by atoms with E-state index in [9.17, 15) is 4.79 Å². The second-order valence-corrected chi connectivity index (χ2v) is 4.53. The first-order valence-electron chi connectivity index (χ1n) is 5.27. The minimum absolute atomic E-state index is 0.202. The van der Waals surface area contributed by atoms with E-state index in [0.29, 0.717) is 5.56 Å². The number of aromatic carboxylic acids is 1. The van der Waals surface area contributed by atoms with E-state index in [1.54, 1.807) is 18.2 Å². The summed E-state index contributed by atoms with van der Waals surface area (Å²) in [6.45, 7) is 0. The number of carbonyl (C=O) groups is 1. The summed E-state index contributed by atoms with van der Waals surface area (Å²) in [6.07, 6.45) is 0. The number of hydrogen-bond donors (Lipinski definition) is 1. The largest absolute Gasteiger partial charge is 0.478 e. The molecular weight excluding hydrogens is 292 g/mol. The van der Waals surface area contributed by atoms with Crippen LogP contribution in [0.2, 0.25) is 0 Å². The summed E-state index contributed by atoms with van der Waals surface area (Å²) >= 11 is 3.25. The Kier molecular flexibility index (Phi) is 3.81. The normalized spacial score (nSPS) is 9.39. The molecule has 2 aromatic carbocycles. The summed E-state index contributed by atoms with van der Waals surface area (Å²) in [7, 11) is 0. The smallest absolute Gasteiger partial charge is 0.337 e. The van der Waals surface area contributed by atoms with Crippen LogP contribution in [-0.2, 0) is 0 Å². The van der Waals surface area contributed by atoms with Gasteiger partial charge in [-0.1, -0.05) is 46.0 Å². The van der Waals surface area contributed by atoms with Gasteiger partial charge in [-0.25, -0.2) is 4.79 Å². The predicted octanol–water partition coefficient (Wildman–Crippen LogP) is 3.55. The molecule has 0 spiro atoms. The van der Waals surface area contributed by atoms with Gasteiger partial charge in [-0.2, -0.15) is 0 Å². The summed E-state index contributed by atoms with van der Waals surface area (Å²) < 4.78 is 0.727. The number of benzene rings is 2. The molecule has 2 nitrogen and oxygen atoms in total. The van der Waals surface area contributed by atoms with E-state index < -0.39 is 5.97 Å². The van der Waals surface area contributed by atoms with Crippen LogP contribution >= 0.6 is 15.9 Å². The first-order chi connectivity index (χ1) is 8.66. The van der Waals surface area contributed by atoms with Gasteiger partial charge in [-0.3, -0.25) is 0 Å². The molecule has 1 N–H and O–H groups in total. The van der Waals surface area contributed by atoms with Crippen molar-refractivity contribution in [3.63, 3.8) is 0 Å². The lowest BCUT2D eigenvalue weighted by Gasteiger charge is -1.99. The molecule has 18 heavy (non-hydrogen) atoms. The maximum atomic E-state index is 11.1. The number of halogens is 1. The molecule has 0 aliphatic carbocycles. The van der Waals surface area contributed by atoms with Crippen molar-refractivity contribution in [1.29, 1.82) is 0 Å². The molecular formula is C15H9BrO2. The minimum Gasteiger partial charge on any atom is -0.478 e. The van der Waals surface area contributed by atoms with Crippen LogP contribution in [0.15, 0.2) is 53.0 Å². The number of rotatable bonds is 1. The number of carboxylic acid groups (broad SMARTS) is 1. The van der Waals surface area contributed by atoms with Crippen molar-refractivity contribution in [2.45, 2.75) is 0 Å². The monoisotopic (exact) mass is 300 g/mol. The fourth-order valence-corrected chi connectivity index (χ4v) is 1.82. The van der Waals surface area contributed by atoms with Crippen molar-refractivity contribution in [3.8, 4) is 11.8 Å². The molecule has 3 heteroatoms. The van der Waals surface area contributed by atoms with E-state index in [4.69, 9.17) is 5.11 Å². The fraction of sp³-hybridized carbons (Fsp3) is 0. The maximum absolute atomic E-state index is 11.1. The van der Waals surface area contributed by atoms with Gasteiger partial charge in [0.15, 0.2) is 0 Å². The molecule has 0 heterocycles. The molecule has 0 fully saturated rings. The lowest BCUT2D eigenvalue weighted by Crippen LogP contribution is -1.99. The molecule has 0 aliphatic heterocycles. The van der Waals surface area contributed by atoms with Crippen LogP contribution < -0.4 is 0 Å². The van der Waals surface area contributed by atoms with Crippen LogP contribution in [0.25, 0.3) is 0 Å². The fourth-order valence-electron chi connectivity index (χ4n) is 1.46. The Labute approximate surface area is 113 Å². The third-order valence-electron chi connectivity index (χ3n) is 2.33. The summed E-state index contributed by atoms with van der Waals surface area (Å²) in [5.74, 6) is 4.86. The third-order valence-corrected chi connectivity index (χ3v) is 2.82. The van der Waals surface area contributed by atoms with Gasteiger partial charge in [-0.15, -0.1) is 0 Å². The predicted molar refractivity (Wildman–Crippen MR) is 73.5 cm³/mol. The van der Waals surface area contributed by atoms with Crippen molar-refractivity contribution >= 4 is 21.9 Å². The molecule has 0 saturated carbocycles. The molecule has 0 amide bonds. The summed E-state index contributed by atoms with van der Waals surface area (Å²) in [5, 5.41) is 9.10. The van der Waals surface area contributed by atoms with Gasteiger partial charge in [0, 0.05) is 15.6 Å². The molecule has 88 valence electrons. The Bertz CT molecular complexity index is 637. The zero-order valence-electron chi connectivity index (χ0n) is 9.35. The van der Waals surface area contributed by atoms with Crippen LogP contribution in [0.1, 0.15) is 21.5 Å². The van der Waals surface area contributed by atoms with Crippen molar-refractivity contribution in [2.24, 2.45) is 0 Å². The molecule has 0 saturated heterocycles. The topological polar surface area (TPSA) is 37.3 Å². The quantitative estimate of drug-likeness (QED) is 0.818. The number of hydrogen-bond acceptors (Lipinski definition) is 1.